The number of sulfone groups is 1. The minimum atomic E-state index is -3.82. The largest absolute Gasteiger partial charge is 0.305 e. The van der Waals surface area contributed by atoms with E-state index in [0.29, 0.717) is 22.2 Å². The first kappa shape index (κ1) is 23.0. The Hall–Kier alpha value is -1.32. The third-order valence-electron chi connectivity index (χ3n) is 4.30. The highest BCUT2D eigenvalue weighted by molar-refractivity contribution is 7.99. The summed E-state index contributed by atoms with van der Waals surface area (Å²) in [7, 11) is 0.143. The highest BCUT2D eigenvalue weighted by atomic mass is 35.5. The predicted molar refractivity (Wildman–Crippen MR) is 116 cm³/mol. The van der Waals surface area contributed by atoms with E-state index >= 15 is 0 Å². The van der Waals surface area contributed by atoms with Crippen molar-refractivity contribution in [3.05, 3.63) is 46.2 Å². The molecule has 0 bridgehead atoms. The maximum absolute atomic E-state index is 13.4. The number of fused-ring (bicyclic) bond motifs is 1. The highest BCUT2D eigenvalue weighted by Gasteiger charge is 2.30. The summed E-state index contributed by atoms with van der Waals surface area (Å²) in [5.74, 6) is 0. The van der Waals surface area contributed by atoms with Crippen LogP contribution in [-0.2, 0) is 16.4 Å². The summed E-state index contributed by atoms with van der Waals surface area (Å²) in [5.41, 5.74) is 3.06. The second-order valence-electron chi connectivity index (χ2n) is 6.53. The lowest BCUT2D eigenvalue weighted by atomic mass is 10.1. The fraction of sp³-hybridized carbons (Fsp3) is 0.333. The lowest BCUT2D eigenvalue weighted by Gasteiger charge is -2.15. The average molecular weight is 461 g/mol. The maximum atomic E-state index is 13.4. The third kappa shape index (κ3) is 4.02. The Balaban J connectivity index is 0.00000280. The zero-order chi connectivity index (χ0) is 19.9. The smallest absolute Gasteiger partial charge is 0.213 e. The van der Waals surface area contributed by atoms with Crippen LogP contribution in [0.1, 0.15) is 17.0 Å². The molecule has 0 aliphatic heterocycles. The summed E-state index contributed by atoms with van der Waals surface area (Å²) < 4.78 is 28.3. The number of aromatic nitrogens is 3. The van der Waals surface area contributed by atoms with Gasteiger partial charge >= 0.3 is 0 Å². The molecule has 3 rings (SSSR count). The molecule has 0 unspecified atom stereocenters. The minimum absolute atomic E-state index is 0. The van der Waals surface area contributed by atoms with Gasteiger partial charge in [0.15, 0.2) is 10.5 Å². The SMILES string of the molecule is CSc1nn2c(C)c(CN(C)C)c(C)nc2c1S(=O)(=O)c1cccc(Cl)c1.Cl. The molecule has 10 heteroatoms. The Labute approximate surface area is 180 Å². The van der Waals surface area contributed by atoms with Crippen LogP contribution in [-0.4, -0.2) is 48.3 Å². The van der Waals surface area contributed by atoms with Gasteiger partial charge in [-0.2, -0.15) is 5.10 Å². The molecule has 1 aromatic carbocycles. The highest BCUT2D eigenvalue weighted by Crippen LogP contribution is 2.34. The molecule has 3 aromatic rings. The van der Waals surface area contributed by atoms with Crippen molar-refractivity contribution in [1.29, 1.82) is 0 Å². The molecule has 6 nitrogen and oxygen atoms in total. The number of aryl methyl sites for hydroxylation is 2. The van der Waals surface area contributed by atoms with Gasteiger partial charge in [0.25, 0.3) is 0 Å². The van der Waals surface area contributed by atoms with Gasteiger partial charge in [-0.05, 0) is 52.4 Å². The van der Waals surface area contributed by atoms with Gasteiger partial charge in [-0.1, -0.05) is 17.7 Å². The van der Waals surface area contributed by atoms with Crippen LogP contribution in [0.4, 0.5) is 0 Å². The Bertz CT molecular complexity index is 1130. The van der Waals surface area contributed by atoms with Crippen LogP contribution in [0.2, 0.25) is 5.02 Å². The minimum Gasteiger partial charge on any atom is -0.305 e. The number of halogens is 2. The fourth-order valence-electron chi connectivity index (χ4n) is 2.99. The summed E-state index contributed by atoms with van der Waals surface area (Å²) in [6, 6.07) is 6.25. The topological polar surface area (TPSA) is 67.6 Å². The molecule has 28 heavy (non-hydrogen) atoms. The summed E-state index contributed by atoms with van der Waals surface area (Å²) in [6.45, 7) is 4.53. The van der Waals surface area contributed by atoms with Crippen LogP contribution in [0.15, 0.2) is 39.1 Å². The fourth-order valence-corrected chi connectivity index (χ4v) is 5.68. The Morgan fingerprint density at radius 1 is 1.25 bits per heavy atom. The van der Waals surface area contributed by atoms with Gasteiger partial charge in [0, 0.05) is 28.5 Å². The van der Waals surface area contributed by atoms with Crippen molar-refractivity contribution in [2.45, 2.75) is 35.2 Å². The summed E-state index contributed by atoms with van der Waals surface area (Å²) in [5, 5.41) is 5.33. The van der Waals surface area contributed by atoms with E-state index < -0.39 is 9.84 Å². The second-order valence-corrected chi connectivity index (χ2v) is 9.65. The Kier molecular flexibility index (Phi) is 7.04. The van der Waals surface area contributed by atoms with Crippen LogP contribution in [0.5, 0.6) is 0 Å². The van der Waals surface area contributed by atoms with Crippen molar-refractivity contribution in [2.75, 3.05) is 20.4 Å². The van der Waals surface area contributed by atoms with Crippen molar-refractivity contribution < 1.29 is 8.42 Å². The normalized spacial score (nSPS) is 11.8. The van der Waals surface area contributed by atoms with E-state index in [0.717, 1.165) is 17.0 Å². The summed E-state index contributed by atoms with van der Waals surface area (Å²) in [6.07, 6.45) is 1.81. The standard InChI is InChI=1S/C18H21ClN4O2S2.ClH/c1-11-15(10-22(3)4)12(2)23-17(20-11)16(18(21-23)26-5)27(24,25)14-8-6-7-13(19)9-14;/h6-9H,10H2,1-5H3;1H. The molecule has 0 N–H and O–H groups in total. The molecule has 0 atom stereocenters. The van der Waals surface area contributed by atoms with Crippen molar-refractivity contribution in [2.24, 2.45) is 0 Å². The molecule has 0 spiro atoms. The molecule has 0 fully saturated rings. The van der Waals surface area contributed by atoms with E-state index in [4.69, 9.17) is 11.6 Å². The van der Waals surface area contributed by atoms with Crippen molar-refractivity contribution >= 4 is 51.3 Å². The van der Waals surface area contributed by atoms with E-state index in [-0.39, 0.29) is 22.2 Å². The van der Waals surface area contributed by atoms with E-state index in [1.807, 2.05) is 39.1 Å². The van der Waals surface area contributed by atoms with Crippen LogP contribution >= 0.6 is 35.8 Å². The lowest BCUT2D eigenvalue weighted by molar-refractivity contribution is 0.398. The zero-order valence-electron chi connectivity index (χ0n) is 16.2. The number of hydrogen-bond acceptors (Lipinski definition) is 6. The summed E-state index contributed by atoms with van der Waals surface area (Å²) >= 11 is 7.30. The van der Waals surface area contributed by atoms with Crippen LogP contribution in [0, 0.1) is 13.8 Å². The zero-order valence-corrected chi connectivity index (χ0v) is 19.4. The second kappa shape index (κ2) is 8.59. The molecule has 0 aliphatic carbocycles. The molecule has 0 aliphatic rings. The average Bonchev–Trinajstić information content (AvgIpc) is 2.97. The molecule has 0 amide bonds. The first-order chi connectivity index (χ1) is 12.7. The van der Waals surface area contributed by atoms with Crippen molar-refractivity contribution in [3.8, 4) is 0 Å². The van der Waals surface area contributed by atoms with Crippen LogP contribution in [0.25, 0.3) is 5.65 Å². The predicted octanol–water partition coefficient (Wildman–Crippen LogP) is 4.04. The Morgan fingerprint density at radius 2 is 1.93 bits per heavy atom. The van der Waals surface area contributed by atoms with Crippen LogP contribution < -0.4 is 0 Å². The number of nitrogens with zero attached hydrogens (tertiary/aromatic N) is 4. The lowest BCUT2D eigenvalue weighted by Crippen LogP contribution is -2.16. The van der Waals surface area contributed by atoms with Gasteiger partial charge in [0.1, 0.15) is 5.03 Å². The number of benzene rings is 1. The maximum Gasteiger partial charge on any atom is 0.213 e. The van der Waals surface area contributed by atoms with Gasteiger partial charge in [0.2, 0.25) is 9.84 Å². The molecule has 0 saturated carbocycles. The molecular weight excluding hydrogens is 439 g/mol. The van der Waals surface area contributed by atoms with Gasteiger partial charge in [-0.25, -0.2) is 17.9 Å². The molecule has 0 radical (unpaired) electrons. The molecule has 152 valence electrons. The van der Waals surface area contributed by atoms with Crippen molar-refractivity contribution in [3.63, 3.8) is 0 Å². The van der Waals surface area contributed by atoms with Crippen molar-refractivity contribution in [1.82, 2.24) is 19.5 Å². The van der Waals surface area contributed by atoms with Crippen LogP contribution in [0.3, 0.4) is 0 Å². The van der Waals surface area contributed by atoms with E-state index in [2.05, 4.69) is 10.1 Å². The molecule has 2 heterocycles. The Morgan fingerprint density at radius 3 is 2.50 bits per heavy atom. The summed E-state index contributed by atoms with van der Waals surface area (Å²) in [4.78, 5) is 6.93. The quantitative estimate of drug-likeness (QED) is 0.535. The first-order valence-corrected chi connectivity index (χ1v) is 11.3. The molecule has 0 saturated heterocycles. The first-order valence-electron chi connectivity index (χ1n) is 8.25. The number of hydrogen-bond donors (Lipinski definition) is 0. The third-order valence-corrected chi connectivity index (χ3v) is 7.12. The van der Waals surface area contributed by atoms with Gasteiger partial charge in [-0.3, -0.25) is 0 Å². The van der Waals surface area contributed by atoms with E-state index in [1.54, 1.807) is 16.6 Å². The molecule has 2 aromatic heterocycles. The molecular formula is C18H22Cl2N4O2S2. The van der Waals surface area contributed by atoms with E-state index in [1.165, 1.54) is 23.9 Å². The van der Waals surface area contributed by atoms with Gasteiger partial charge in [0.05, 0.1) is 4.90 Å². The van der Waals surface area contributed by atoms with Gasteiger partial charge in [-0.15, -0.1) is 24.2 Å². The monoisotopic (exact) mass is 460 g/mol. The number of thioether (sulfide) groups is 1. The van der Waals surface area contributed by atoms with Gasteiger partial charge < -0.3 is 4.90 Å². The van der Waals surface area contributed by atoms with E-state index in [9.17, 15) is 8.42 Å². The number of rotatable bonds is 5.